The van der Waals surface area contributed by atoms with Crippen molar-refractivity contribution >= 4 is 5.91 Å². The number of imidazole rings is 1. The van der Waals surface area contributed by atoms with Crippen molar-refractivity contribution in [2.75, 3.05) is 26.7 Å². The highest BCUT2D eigenvalue weighted by atomic mass is 16.2. The molecule has 1 aromatic rings. The highest BCUT2D eigenvalue weighted by Crippen LogP contribution is 2.18. The Bertz CT molecular complexity index is 386. The number of amides is 1. The zero-order valence-electron chi connectivity index (χ0n) is 11.4. The summed E-state index contributed by atoms with van der Waals surface area (Å²) >= 11 is 0. The number of piperazine rings is 1. The molecule has 1 aliphatic rings. The summed E-state index contributed by atoms with van der Waals surface area (Å²) in [5.74, 6) is 1.07. The molecule has 0 bridgehead atoms. The Kier molecular flexibility index (Phi) is 4.01. The second-order valence-corrected chi connectivity index (χ2v) is 5.48. The maximum Gasteiger partial charge on any atom is 0.289 e. The number of hydrogen-bond donors (Lipinski definition) is 1. The predicted molar refractivity (Wildman–Crippen MR) is 70.4 cm³/mol. The van der Waals surface area contributed by atoms with E-state index in [2.05, 4.69) is 35.8 Å². The number of nitrogens with zero attached hydrogens (tertiary/aromatic N) is 3. The van der Waals surface area contributed by atoms with E-state index in [1.165, 1.54) is 0 Å². The molecule has 5 nitrogen and oxygen atoms in total. The third-order valence-electron chi connectivity index (χ3n) is 3.39. The van der Waals surface area contributed by atoms with Gasteiger partial charge in [0, 0.05) is 38.1 Å². The van der Waals surface area contributed by atoms with E-state index in [9.17, 15) is 4.79 Å². The molecular formula is C13H22N4O. The van der Waals surface area contributed by atoms with Crippen LogP contribution in [-0.2, 0) is 0 Å². The van der Waals surface area contributed by atoms with Crippen LogP contribution in [0.4, 0.5) is 0 Å². The smallest absolute Gasteiger partial charge is 0.289 e. The van der Waals surface area contributed by atoms with E-state index in [1.54, 1.807) is 12.4 Å². The van der Waals surface area contributed by atoms with E-state index in [0.717, 1.165) is 26.1 Å². The zero-order valence-corrected chi connectivity index (χ0v) is 11.4. The van der Waals surface area contributed by atoms with E-state index in [-0.39, 0.29) is 5.91 Å². The van der Waals surface area contributed by atoms with Crippen molar-refractivity contribution in [3.05, 3.63) is 18.2 Å². The van der Waals surface area contributed by atoms with Gasteiger partial charge in [-0.3, -0.25) is 4.79 Å². The molecule has 0 spiro atoms. The summed E-state index contributed by atoms with van der Waals surface area (Å²) in [5.41, 5.74) is 0. The topological polar surface area (TPSA) is 52.2 Å². The number of carbonyl (C=O) groups is 1. The summed E-state index contributed by atoms with van der Waals surface area (Å²) in [6.07, 6.45) is 4.36. The number of likely N-dealkylation sites (N-methyl/N-ethyl adjacent to an activating group) is 1. The van der Waals surface area contributed by atoms with Gasteiger partial charge in [0.05, 0.1) is 0 Å². The van der Waals surface area contributed by atoms with Crippen molar-refractivity contribution in [2.24, 2.45) is 5.92 Å². The monoisotopic (exact) mass is 250 g/mol. The second kappa shape index (κ2) is 5.52. The molecule has 0 unspecified atom stereocenters. The minimum atomic E-state index is 0.0266. The number of hydrogen-bond acceptors (Lipinski definition) is 3. The Labute approximate surface area is 108 Å². The Hall–Kier alpha value is -1.36. The summed E-state index contributed by atoms with van der Waals surface area (Å²) in [7, 11) is 2.11. The van der Waals surface area contributed by atoms with Gasteiger partial charge in [-0.15, -0.1) is 0 Å². The predicted octanol–water partition coefficient (Wildman–Crippen LogP) is 1.21. The molecular weight excluding hydrogens is 228 g/mol. The molecule has 1 aromatic heterocycles. The Balaban J connectivity index is 2.10. The summed E-state index contributed by atoms with van der Waals surface area (Å²) in [5, 5.41) is 0. The van der Waals surface area contributed by atoms with Crippen LogP contribution in [0.5, 0.6) is 0 Å². The lowest BCUT2D eigenvalue weighted by Gasteiger charge is -2.40. The highest BCUT2D eigenvalue weighted by Gasteiger charge is 2.30. The largest absolute Gasteiger partial charge is 0.341 e. The summed E-state index contributed by atoms with van der Waals surface area (Å²) in [6.45, 7) is 7.06. The van der Waals surface area contributed by atoms with Gasteiger partial charge < -0.3 is 14.8 Å². The average Bonchev–Trinajstić information content (AvgIpc) is 2.81. The highest BCUT2D eigenvalue weighted by molar-refractivity contribution is 5.90. The molecule has 1 atom stereocenters. The summed E-state index contributed by atoms with van der Waals surface area (Å²) in [4.78, 5) is 23.6. The Morgan fingerprint density at radius 1 is 1.56 bits per heavy atom. The van der Waals surface area contributed by atoms with E-state index in [4.69, 9.17) is 0 Å². The second-order valence-electron chi connectivity index (χ2n) is 5.48. The Morgan fingerprint density at radius 2 is 2.33 bits per heavy atom. The maximum absolute atomic E-state index is 12.4. The number of carbonyl (C=O) groups excluding carboxylic acids is 1. The van der Waals surface area contributed by atoms with Crippen LogP contribution in [0.15, 0.2) is 12.4 Å². The molecule has 5 heteroatoms. The van der Waals surface area contributed by atoms with Crippen LogP contribution < -0.4 is 0 Å². The first-order valence-corrected chi connectivity index (χ1v) is 6.57. The summed E-state index contributed by atoms with van der Waals surface area (Å²) in [6, 6.07) is 0.293. The van der Waals surface area contributed by atoms with E-state index in [0.29, 0.717) is 17.8 Å². The first-order valence-electron chi connectivity index (χ1n) is 6.57. The minimum absolute atomic E-state index is 0.0266. The van der Waals surface area contributed by atoms with Crippen molar-refractivity contribution in [1.82, 2.24) is 19.8 Å². The van der Waals surface area contributed by atoms with Crippen molar-refractivity contribution in [1.29, 1.82) is 0 Å². The maximum atomic E-state index is 12.4. The van der Waals surface area contributed by atoms with Crippen molar-refractivity contribution in [2.45, 2.75) is 26.3 Å². The molecule has 0 aliphatic carbocycles. The molecule has 100 valence electrons. The van der Waals surface area contributed by atoms with Crippen LogP contribution in [0.25, 0.3) is 0 Å². The fourth-order valence-corrected chi connectivity index (χ4v) is 2.54. The molecule has 1 N–H and O–H groups in total. The molecule has 18 heavy (non-hydrogen) atoms. The number of aromatic amines is 1. The van der Waals surface area contributed by atoms with Gasteiger partial charge >= 0.3 is 0 Å². The van der Waals surface area contributed by atoms with Gasteiger partial charge in [0.15, 0.2) is 5.82 Å². The zero-order chi connectivity index (χ0) is 13.1. The summed E-state index contributed by atoms with van der Waals surface area (Å²) < 4.78 is 0. The fourth-order valence-electron chi connectivity index (χ4n) is 2.54. The molecule has 1 fully saturated rings. The molecule has 0 saturated carbocycles. The first kappa shape index (κ1) is 13.1. The average molecular weight is 250 g/mol. The Morgan fingerprint density at radius 3 is 2.94 bits per heavy atom. The number of aromatic nitrogens is 2. The lowest BCUT2D eigenvalue weighted by Crippen LogP contribution is -2.54. The lowest BCUT2D eigenvalue weighted by molar-refractivity contribution is 0.0449. The van der Waals surface area contributed by atoms with Crippen LogP contribution in [0.1, 0.15) is 30.9 Å². The van der Waals surface area contributed by atoms with Gasteiger partial charge in [0.25, 0.3) is 5.91 Å². The molecule has 1 amide bonds. The number of H-pyrrole nitrogens is 1. The molecule has 1 aliphatic heterocycles. The van der Waals surface area contributed by atoms with E-state index < -0.39 is 0 Å². The minimum Gasteiger partial charge on any atom is -0.341 e. The standard InChI is InChI=1S/C13H22N4O/c1-10(2)8-11-9-16(3)6-7-17(11)13(18)12-14-4-5-15-12/h4-5,10-11H,6-9H2,1-3H3,(H,14,15)/t11-/m0/s1. The van der Waals surface area contributed by atoms with Crippen LogP contribution >= 0.6 is 0 Å². The van der Waals surface area contributed by atoms with Gasteiger partial charge in [-0.05, 0) is 19.4 Å². The van der Waals surface area contributed by atoms with Crippen molar-refractivity contribution < 1.29 is 4.79 Å². The van der Waals surface area contributed by atoms with Gasteiger partial charge in [0.1, 0.15) is 0 Å². The van der Waals surface area contributed by atoms with Crippen LogP contribution in [0.2, 0.25) is 0 Å². The normalized spacial score (nSPS) is 21.6. The van der Waals surface area contributed by atoms with Crippen LogP contribution in [-0.4, -0.2) is 58.4 Å². The van der Waals surface area contributed by atoms with Gasteiger partial charge in [-0.25, -0.2) is 4.98 Å². The third-order valence-corrected chi connectivity index (χ3v) is 3.39. The number of rotatable bonds is 3. The quantitative estimate of drug-likeness (QED) is 0.877. The number of nitrogens with one attached hydrogen (secondary N) is 1. The van der Waals surface area contributed by atoms with Gasteiger partial charge in [0.2, 0.25) is 0 Å². The molecule has 0 aromatic carbocycles. The molecule has 0 radical (unpaired) electrons. The lowest BCUT2D eigenvalue weighted by atomic mass is 10.00. The van der Waals surface area contributed by atoms with Crippen molar-refractivity contribution in [3.63, 3.8) is 0 Å². The first-order chi connectivity index (χ1) is 8.58. The van der Waals surface area contributed by atoms with E-state index >= 15 is 0 Å². The third kappa shape index (κ3) is 2.90. The van der Waals surface area contributed by atoms with Gasteiger partial charge in [-0.2, -0.15) is 0 Å². The SMILES string of the molecule is CC(C)C[C@H]1CN(C)CCN1C(=O)c1ncc[nH]1. The van der Waals surface area contributed by atoms with Crippen LogP contribution in [0.3, 0.4) is 0 Å². The van der Waals surface area contributed by atoms with Gasteiger partial charge in [-0.1, -0.05) is 13.8 Å². The fraction of sp³-hybridized carbons (Fsp3) is 0.692. The van der Waals surface area contributed by atoms with Crippen LogP contribution in [0, 0.1) is 5.92 Å². The van der Waals surface area contributed by atoms with E-state index in [1.807, 2.05) is 4.90 Å². The molecule has 2 rings (SSSR count). The molecule has 1 saturated heterocycles. The molecule has 2 heterocycles. The van der Waals surface area contributed by atoms with Crippen molar-refractivity contribution in [3.8, 4) is 0 Å².